The van der Waals surface area contributed by atoms with Crippen LogP contribution in [0.5, 0.6) is 0 Å². The molecule has 1 saturated heterocycles. The molecule has 174 valence electrons. The third-order valence-corrected chi connectivity index (χ3v) is 6.10. The molecule has 1 fully saturated rings. The number of benzene rings is 2. The topological polar surface area (TPSA) is 98.7 Å². The fourth-order valence-electron chi connectivity index (χ4n) is 4.16. The minimum atomic E-state index is -4.52. The van der Waals surface area contributed by atoms with Crippen LogP contribution in [0.2, 0.25) is 0 Å². The van der Waals surface area contributed by atoms with Crippen molar-refractivity contribution in [1.82, 2.24) is 10.2 Å². The van der Waals surface area contributed by atoms with Gasteiger partial charge in [0.1, 0.15) is 6.04 Å². The van der Waals surface area contributed by atoms with E-state index in [4.69, 9.17) is 0 Å². The highest BCUT2D eigenvalue weighted by molar-refractivity contribution is 6.10. The second-order valence-electron chi connectivity index (χ2n) is 8.26. The molecule has 0 aliphatic carbocycles. The second kappa shape index (κ2) is 8.51. The maximum absolute atomic E-state index is 13.0. The molecule has 2 aromatic rings. The zero-order valence-corrected chi connectivity index (χ0v) is 17.5. The first-order valence-corrected chi connectivity index (χ1v) is 10.5. The van der Waals surface area contributed by atoms with E-state index in [1.807, 2.05) is 0 Å². The van der Waals surface area contributed by atoms with Crippen LogP contribution in [0.4, 0.5) is 18.9 Å². The average molecular weight is 461 g/mol. The van der Waals surface area contributed by atoms with Crippen molar-refractivity contribution in [1.29, 1.82) is 0 Å². The summed E-state index contributed by atoms with van der Waals surface area (Å²) in [7, 11) is 0. The molecular formula is C23H22F3N3O4. The van der Waals surface area contributed by atoms with Gasteiger partial charge in [-0.15, -0.1) is 0 Å². The number of fused-ring (bicyclic) bond motifs is 1. The molecule has 0 bridgehead atoms. The Morgan fingerprint density at radius 3 is 2.48 bits per heavy atom. The number of halogens is 3. The normalized spacial score (nSPS) is 20.4. The first kappa shape index (κ1) is 22.8. The highest BCUT2D eigenvalue weighted by atomic mass is 19.4. The van der Waals surface area contributed by atoms with Gasteiger partial charge in [0.15, 0.2) is 0 Å². The SMILES string of the molecule is O=C1NC(CC(=O)N2CCC(O)(c3cccc(C(F)(F)F)c3)CC2)C(=O)Nc2ccccc21. The van der Waals surface area contributed by atoms with Crippen molar-refractivity contribution in [3.63, 3.8) is 0 Å². The Morgan fingerprint density at radius 1 is 1.09 bits per heavy atom. The molecule has 3 N–H and O–H groups in total. The molecule has 0 radical (unpaired) electrons. The monoisotopic (exact) mass is 461 g/mol. The summed E-state index contributed by atoms with van der Waals surface area (Å²) < 4.78 is 39.1. The number of nitrogens with one attached hydrogen (secondary N) is 2. The summed E-state index contributed by atoms with van der Waals surface area (Å²) in [6, 6.07) is 9.99. The summed E-state index contributed by atoms with van der Waals surface area (Å²) in [6.45, 7) is 0.210. The number of rotatable bonds is 3. The Bertz CT molecular complexity index is 1090. The van der Waals surface area contributed by atoms with E-state index < -0.39 is 41.1 Å². The van der Waals surface area contributed by atoms with Crippen LogP contribution in [0.25, 0.3) is 0 Å². The van der Waals surface area contributed by atoms with Crippen LogP contribution in [0.3, 0.4) is 0 Å². The van der Waals surface area contributed by atoms with Crippen LogP contribution >= 0.6 is 0 Å². The van der Waals surface area contributed by atoms with Gasteiger partial charge in [-0.25, -0.2) is 0 Å². The molecule has 4 rings (SSSR count). The molecule has 2 aromatic carbocycles. The van der Waals surface area contributed by atoms with Crippen molar-refractivity contribution in [3.05, 3.63) is 65.2 Å². The molecule has 2 aliphatic rings. The molecule has 0 saturated carbocycles. The zero-order chi connectivity index (χ0) is 23.8. The van der Waals surface area contributed by atoms with Crippen LogP contribution in [-0.4, -0.2) is 46.9 Å². The van der Waals surface area contributed by atoms with Gasteiger partial charge in [-0.2, -0.15) is 13.2 Å². The molecule has 0 spiro atoms. The number of amides is 3. The Balaban J connectivity index is 1.40. The minimum Gasteiger partial charge on any atom is -0.385 e. The molecule has 2 aliphatic heterocycles. The number of carbonyl (C=O) groups is 3. The van der Waals surface area contributed by atoms with Crippen molar-refractivity contribution < 1.29 is 32.7 Å². The van der Waals surface area contributed by atoms with Gasteiger partial charge in [-0.3, -0.25) is 14.4 Å². The van der Waals surface area contributed by atoms with Crippen LogP contribution < -0.4 is 10.6 Å². The van der Waals surface area contributed by atoms with Crippen molar-refractivity contribution in [2.75, 3.05) is 18.4 Å². The van der Waals surface area contributed by atoms with Gasteiger partial charge in [0.2, 0.25) is 11.8 Å². The van der Waals surface area contributed by atoms with Crippen molar-refractivity contribution in [3.8, 4) is 0 Å². The highest BCUT2D eigenvalue weighted by Gasteiger charge is 2.39. The third-order valence-electron chi connectivity index (χ3n) is 6.10. The van der Waals surface area contributed by atoms with Gasteiger partial charge < -0.3 is 20.6 Å². The van der Waals surface area contributed by atoms with E-state index in [1.54, 1.807) is 24.3 Å². The first-order valence-electron chi connectivity index (χ1n) is 10.5. The fourth-order valence-corrected chi connectivity index (χ4v) is 4.16. The average Bonchev–Trinajstić information content (AvgIpc) is 2.90. The van der Waals surface area contributed by atoms with E-state index in [2.05, 4.69) is 10.6 Å². The summed E-state index contributed by atoms with van der Waals surface area (Å²) in [5, 5.41) is 16.1. The number of nitrogens with zero attached hydrogens (tertiary/aromatic N) is 1. The molecule has 7 nitrogen and oxygen atoms in total. The Hall–Kier alpha value is -3.40. The number of para-hydroxylation sites is 1. The number of alkyl halides is 3. The minimum absolute atomic E-state index is 0.0503. The number of aliphatic hydroxyl groups is 1. The van der Waals surface area contributed by atoms with E-state index in [9.17, 15) is 32.7 Å². The number of carbonyl (C=O) groups excluding carboxylic acids is 3. The quantitative estimate of drug-likeness (QED) is 0.655. The van der Waals surface area contributed by atoms with Gasteiger partial charge in [0.05, 0.1) is 28.8 Å². The van der Waals surface area contributed by atoms with E-state index in [1.165, 1.54) is 17.0 Å². The fraction of sp³-hybridized carbons (Fsp3) is 0.348. The molecule has 0 aromatic heterocycles. The predicted molar refractivity (Wildman–Crippen MR) is 112 cm³/mol. The molecule has 3 amide bonds. The summed E-state index contributed by atoms with van der Waals surface area (Å²) in [5.74, 6) is -1.38. The molecule has 10 heteroatoms. The standard InChI is InChI=1S/C23H22F3N3O4/c24-23(25,26)15-5-3-4-14(12-15)22(33)8-10-29(11-9-22)19(30)13-18-21(32)27-17-7-2-1-6-16(17)20(31)28-18/h1-7,12,18,33H,8-11,13H2,(H,27,32)(H,28,31). The second-order valence-corrected chi connectivity index (χ2v) is 8.26. The van der Waals surface area contributed by atoms with Crippen LogP contribution in [0.15, 0.2) is 48.5 Å². The number of hydrogen-bond acceptors (Lipinski definition) is 4. The maximum Gasteiger partial charge on any atom is 0.416 e. The van der Waals surface area contributed by atoms with Gasteiger partial charge in [0.25, 0.3) is 5.91 Å². The van der Waals surface area contributed by atoms with Gasteiger partial charge in [-0.1, -0.05) is 24.3 Å². The first-order chi connectivity index (χ1) is 15.6. The van der Waals surface area contributed by atoms with E-state index in [-0.39, 0.29) is 37.9 Å². The Morgan fingerprint density at radius 2 is 1.79 bits per heavy atom. The van der Waals surface area contributed by atoms with Gasteiger partial charge >= 0.3 is 6.18 Å². The van der Waals surface area contributed by atoms with E-state index >= 15 is 0 Å². The lowest BCUT2D eigenvalue weighted by Gasteiger charge is -2.39. The molecule has 1 atom stereocenters. The zero-order valence-electron chi connectivity index (χ0n) is 17.5. The summed E-state index contributed by atoms with van der Waals surface area (Å²) >= 11 is 0. The van der Waals surface area contributed by atoms with Crippen LogP contribution in [-0.2, 0) is 21.4 Å². The Labute approximate surface area is 187 Å². The molecule has 2 heterocycles. The lowest BCUT2D eigenvalue weighted by atomic mass is 9.83. The molecule has 33 heavy (non-hydrogen) atoms. The predicted octanol–water partition coefficient (Wildman–Crippen LogP) is 2.66. The number of hydrogen-bond donors (Lipinski definition) is 3. The lowest BCUT2D eigenvalue weighted by molar-refractivity contribution is -0.138. The summed E-state index contributed by atoms with van der Waals surface area (Å²) in [4.78, 5) is 39.2. The van der Waals surface area contributed by atoms with Crippen molar-refractivity contribution >= 4 is 23.4 Å². The van der Waals surface area contributed by atoms with E-state index in [0.29, 0.717) is 11.3 Å². The largest absolute Gasteiger partial charge is 0.416 e. The molecule has 1 unspecified atom stereocenters. The number of likely N-dealkylation sites (tertiary alicyclic amines) is 1. The highest BCUT2D eigenvalue weighted by Crippen LogP contribution is 2.37. The smallest absolute Gasteiger partial charge is 0.385 e. The van der Waals surface area contributed by atoms with Gasteiger partial charge in [0, 0.05) is 13.1 Å². The van der Waals surface area contributed by atoms with Crippen LogP contribution in [0.1, 0.15) is 40.7 Å². The Kier molecular flexibility index (Phi) is 5.87. The van der Waals surface area contributed by atoms with Crippen molar-refractivity contribution in [2.45, 2.75) is 37.1 Å². The maximum atomic E-state index is 13.0. The summed E-state index contributed by atoms with van der Waals surface area (Å²) in [6.07, 6.45) is -4.69. The third kappa shape index (κ3) is 4.70. The lowest BCUT2D eigenvalue weighted by Crippen LogP contribution is -2.49. The number of anilines is 1. The van der Waals surface area contributed by atoms with Crippen molar-refractivity contribution in [2.24, 2.45) is 0 Å². The number of piperidine rings is 1. The summed E-state index contributed by atoms with van der Waals surface area (Å²) in [5.41, 5.74) is -1.53. The van der Waals surface area contributed by atoms with Gasteiger partial charge in [-0.05, 0) is 42.7 Å². The van der Waals surface area contributed by atoms with Crippen LogP contribution in [0, 0.1) is 0 Å². The van der Waals surface area contributed by atoms with E-state index in [0.717, 1.165) is 12.1 Å². The molecular weight excluding hydrogens is 439 g/mol.